The van der Waals surface area contributed by atoms with Crippen molar-refractivity contribution in [3.05, 3.63) is 30.7 Å². The number of nitrogens with one attached hydrogen (secondary N) is 1. The Morgan fingerprint density at radius 2 is 2.17 bits per heavy atom. The number of rotatable bonds is 4. The predicted octanol–water partition coefficient (Wildman–Crippen LogP) is 1.28. The van der Waals surface area contributed by atoms with E-state index >= 15 is 0 Å². The summed E-state index contributed by atoms with van der Waals surface area (Å²) in [6.45, 7) is -0.241. The van der Waals surface area contributed by atoms with Gasteiger partial charge in [-0.15, -0.1) is 10.2 Å². The molecule has 0 aliphatic rings. The second-order valence-electron chi connectivity index (χ2n) is 3.31. The van der Waals surface area contributed by atoms with Crippen LogP contribution in [0.25, 0.3) is 11.5 Å². The molecule has 94 valence electrons. The first-order valence-electron chi connectivity index (χ1n) is 5.21. The monoisotopic (exact) mass is 249 g/mol. The van der Waals surface area contributed by atoms with Crippen molar-refractivity contribution in [2.75, 3.05) is 18.5 Å². The van der Waals surface area contributed by atoms with Gasteiger partial charge < -0.3 is 14.3 Å². The second kappa shape index (κ2) is 5.78. The lowest BCUT2D eigenvalue weighted by Crippen LogP contribution is -2.15. The lowest BCUT2D eigenvalue weighted by atomic mass is 10.2. The van der Waals surface area contributed by atoms with Gasteiger partial charge in [0, 0.05) is 11.3 Å². The number of benzene rings is 1. The van der Waals surface area contributed by atoms with Crippen LogP contribution in [0.2, 0.25) is 0 Å². The topological polar surface area (TPSA) is 97.5 Å². The van der Waals surface area contributed by atoms with E-state index in [9.17, 15) is 4.79 Å². The van der Waals surface area contributed by atoms with Crippen molar-refractivity contribution in [2.24, 2.45) is 0 Å². The molecule has 1 aromatic carbocycles. The number of carbonyl (C=O) groups is 1. The van der Waals surface area contributed by atoms with Crippen molar-refractivity contribution < 1.29 is 19.1 Å². The number of ether oxygens (including phenoxy) is 1. The average Bonchev–Trinajstić information content (AvgIpc) is 2.91. The molecule has 0 aliphatic carbocycles. The summed E-state index contributed by atoms with van der Waals surface area (Å²) in [7, 11) is 0. The minimum Gasteiger partial charge on any atom is -0.447 e. The minimum absolute atomic E-state index is 0.0358. The van der Waals surface area contributed by atoms with Crippen LogP contribution in [0.5, 0.6) is 0 Å². The van der Waals surface area contributed by atoms with E-state index in [0.29, 0.717) is 11.6 Å². The van der Waals surface area contributed by atoms with Crippen molar-refractivity contribution in [3.8, 4) is 11.5 Å². The normalized spacial score (nSPS) is 10.1. The molecule has 0 saturated carbocycles. The Kier molecular flexibility index (Phi) is 3.87. The summed E-state index contributed by atoms with van der Waals surface area (Å²) in [5.74, 6) is 0.407. The number of amides is 1. The highest BCUT2D eigenvalue weighted by molar-refractivity contribution is 5.84. The Labute approximate surface area is 102 Å². The average molecular weight is 249 g/mol. The summed E-state index contributed by atoms with van der Waals surface area (Å²) in [6, 6.07) is 6.82. The van der Waals surface area contributed by atoms with Gasteiger partial charge in [0.1, 0.15) is 6.61 Å². The van der Waals surface area contributed by atoms with E-state index in [-0.39, 0.29) is 13.2 Å². The molecule has 0 fully saturated rings. The van der Waals surface area contributed by atoms with Crippen LogP contribution in [-0.2, 0) is 4.74 Å². The van der Waals surface area contributed by atoms with Crippen LogP contribution in [0, 0.1) is 0 Å². The van der Waals surface area contributed by atoms with Gasteiger partial charge in [-0.05, 0) is 24.3 Å². The van der Waals surface area contributed by atoms with Gasteiger partial charge in [0.2, 0.25) is 12.3 Å². The molecular weight excluding hydrogens is 238 g/mol. The smallest absolute Gasteiger partial charge is 0.411 e. The molecule has 0 bridgehead atoms. The number of carbonyl (C=O) groups excluding carboxylic acids is 1. The van der Waals surface area contributed by atoms with Crippen molar-refractivity contribution in [1.29, 1.82) is 0 Å². The third-order valence-electron chi connectivity index (χ3n) is 2.06. The summed E-state index contributed by atoms with van der Waals surface area (Å²) < 4.78 is 9.69. The predicted molar refractivity (Wildman–Crippen MR) is 61.8 cm³/mol. The Morgan fingerprint density at radius 1 is 1.39 bits per heavy atom. The molecule has 0 radical (unpaired) electrons. The van der Waals surface area contributed by atoms with E-state index in [2.05, 4.69) is 20.3 Å². The number of nitrogens with zero attached hydrogens (tertiary/aromatic N) is 2. The van der Waals surface area contributed by atoms with Gasteiger partial charge >= 0.3 is 6.09 Å². The molecule has 7 heteroatoms. The van der Waals surface area contributed by atoms with Gasteiger partial charge in [0.05, 0.1) is 6.61 Å². The Balaban J connectivity index is 1.98. The fourth-order valence-electron chi connectivity index (χ4n) is 1.29. The lowest BCUT2D eigenvalue weighted by Gasteiger charge is -2.05. The van der Waals surface area contributed by atoms with Crippen molar-refractivity contribution in [1.82, 2.24) is 10.2 Å². The maximum Gasteiger partial charge on any atom is 0.411 e. The van der Waals surface area contributed by atoms with Crippen LogP contribution in [0.4, 0.5) is 10.5 Å². The molecule has 1 aromatic heterocycles. The van der Waals surface area contributed by atoms with Crippen molar-refractivity contribution >= 4 is 11.8 Å². The maximum absolute atomic E-state index is 11.2. The molecule has 0 saturated heterocycles. The van der Waals surface area contributed by atoms with Gasteiger partial charge in [0.15, 0.2) is 0 Å². The molecule has 18 heavy (non-hydrogen) atoms. The van der Waals surface area contributed by atoms with Gasteiger partial charge in [-0.1, -0.05) is 0 Å². The van der Waals surface area contributed by atoms with E-state index in [4.69, 9.17) is 9.52 Å². The summed E-state index contributed by atoms with van der Waals surface area (Å²) >= 11 is 0. The quantitative estimate of drug-likeness (QED) is 0.847. The van der Waals surface area contributed by atoms with Crippen LogP contribution in [0.15, 0.2) is 35.1 Å². The number of aromatic nitrogens is 2. The molecule has 1 heterocycles. The van der Waals surface area contributed by atoms with E-state index < -0.39 is 6.09 Å². The first kappa shape index (κ1) is 12.1. The van der Waals surface area contributed by atoms with Crippen LogP contribution in [0.3, 0.4) is 0 Å². The summed E-state index contributed by atoms with van der Waals surface area (Å²) in [5.41, 5.74) is 1.32. The summed E-state index contributed by atoms with van der Waals surface area (Å²) in [6.07, 6.45) is 0.628. The highest BCUT2D eigenvalue weighted by atomic mass is 16.6. The van der Waals surface area contributed by atoms with Gasteiger partial charge in [-0.3, -0.25) is 5.32 Å². The summed E-state index contributed by atoms with van der Waals surface area (Å²) in [4.78, 5) is 11.2. The molecule has 0 unspecified atom stereocenters. The molecule has 0 spiro atoms. The number of aliphatic hydroxyl groups is 1. The van der Waals surface area contributed by atoms with Crippen LogP contribution in [0.1, 0.15) is 0 Å². The van der Waals surface area contributed by atoms with Gasteiger partial charge in [-0.25, -0.2) is 4.79 Å². The highest BCUT2D eigenvalue weighted by Crippen LogP contribution is 2.18. The first-order valence-corrected chi connectivity index (χ1v) is 5.21. The largest absolute Gasteiger partial charge is 0.447 e. The molecule has 2 rings (SSSR count). The number of hydrogen-bond acceptors (Lipinski definition) is 6. The zero-order valence-electron chi connectivity index (χ0n) is 9.37. The highest BCUT2D eigenvalue weighted by Gasteiger charge is 2.05. The van der Waals surface area contributed by atoms with E-state index in [0.717, 1.165) is 5.56 Å². The zero-order chi connectivity index (χ0) is 12.8. The summed E-state index contributed by atoms with van der Waals surface area (Å²) in [5, 5.41) is 18.3. The number of aliphatic hydroxyl groups excluding tert-OH is 1. The van der Waals surface area contributed by atoms with Gasteiger partial charge in [0.25, 0.3) is 0 Å². The fourth-order valence-corrected chi connectivity index (χ4v) is 1.29. The molecule has 7 nitrogen and oxygen atoms in total. The third-order valence-corrected chi connectivity index (χ3v) is 2.06. The Morgan fingerprint density at radius 3 is 2.78 bits per heavy atom. The number of anilines is 1. The lowest BCUT2D eigenvalue weighted by molar-refractivity contribution is 0.131. The second-order valence-corrected chi connectivity index (χ2v) is 3.31. The standard InChI is InChI=1S/C11H11N3O4/c15-5-6-17-11(16)13-9-3-1-8(2-4-9)10-14-12-7-18-10/h1-4,7,15H,5-6H2,(H,13,16). The zero-order valence-corrected chi connectivity index (χ0v) is 9.37. The third kappa shape index (κ3) is 3.05. The van der Waals surface area contributed by atoms with Crippen molar-refractivity contribution in [2.45, 2.75) is 0 Å². The molecule has 1 amide bonds. The Hall–Kier alpha value is -2.41. The molecule has 0 atom stereocenters. The molecule has 2 N–H and O–H groups in total. The van der Waals surface area contributed by atoms with Crippen LogP contribution < -0.4 is 5.32 Å². The van der Waals surface area contributed by atoms with E-state index in [1.807, 2.05) is 0 Å². The van der Waals surface area contributed by atoms with Crippen molar-refractivity contribution in [3.63, 3.8) is 0 Å². The van der Waals surface area contributed by atoms with Crippen LogP contribution in [-0.4, -0.2) is 34.6 Å². The molecular formula is C11H11N3O4. The van der Waals surface area contributed by atoms with Crippen LogP contribution >= 0.6 is 0 Å². The molecule has 2 aromatic rings. The fraction of sp³-hybridized carbons (Fsp3) is 0.182. The van der Waals surface area contributed by atoms with Gasteiger partial charge in [-0.2, -0.15) is 0 Å². The number of hydrogen-bond donors (Lipinski definition) is 2. The first-order chi connectivity index (χ1) is 8.79. The van der Waals surface area contributed by atoms with E-state index in [1.54, 1.807) is 24.3 Å². The van der Waals surface area contributed by atoms with E-state index in [1.165, 1.54) is 6.39 Å². The maximum atomic E-state index is 11.2. The SMILES string of the molecule is O=C(Nc1ccc(-c2nnco2)cc1)OCCO. The Bertz CT molecular complexity index is 496. The molecule has 0 aliphatic heterocycles. The minimum atomic E-state index is -0.616.